The van der Waals surface area contributed by atoms with Gasteiger partial charge in [-0.1, -0.05) is 6.07 Å². The van der Waals surface area contributed by atoms with Gasteiger partial charge in [0.25, 0.3) is 5.69 Å². The molecule has 0 unspecified atom stereocenters. The van der Waals surface area contributed by atoms with Gasteiger partial charge in [-0.15, -0.1) is 0 Å². The standard InChI is InChI=1S/C11H11N5O4/c1-12-9-6-8(2-3-10(9)15(17)18)7-14-5-4-11(13-14)16(19)20/h2-6,12H,7H2,1H3. The van der Waals surface area contributed by atoms with E-state index in [2.05, 4.69) is 10.4 Å². The normalized spacial score (nSPS) is 10.2. The van der Waals surface area contributed by atoms with Crippen LogP contribution in [0.2, 0.25) is 0 Å². The molecule has 0 amide bonds. The SMILES string of the molecule is CNc1cc(Cn2ccc([N+](=O)[O-])n2)ccc1[N+](=O)[O-]. The number of nitro benzene ring substituents is 1. The van der Waals surface area contributed by atoms with Crippen LogP contribution in [0.5, 0.6) is 0 Å². The van der Waals surface area contributed by atoms with Gasteiger partial charge in [0, 0.05) is 13.1 Å². The Morgan fingerprint density at radius 3 is 2.55 bits per heavy atom. The summed E-state index contributed by atoms with van der Waals surface area (Å²) in [7, 11) is 1.59. The monoisotopic (exact) mass is 277 g/mol. The molecule has 1 aromatic heterocycles. The summed E-state index contributed by atoms with van der Waals surface area (Å²) in [6, 6.07) is 5.89. The fraction of sp³-hybridized carbons (Fsp3) is 0.182. The van der Waals surface area contributed by atoms with Crippen LogP contribution in [0.3, 0.4) is 0 Å². The van der Waals surface area contributed by atoms with E-state index in [9.17, 15) is 20.2 Å². The molecule has 2 aromatic rings. The van der Waals surface area contributed by atoms with Gasteiger partial charge in [0.1, 0.15) is 5.69 Å². The maximum Gasteiger partial charge on any atom is 0.389 e. The van der Waals surface area contributed by atoms with Crippen molar-refractivity contribution in [3.63, 3.8) is 0 Å². The topological polar surface area (TPSA) is 116 Å². The number of anilines is 1. The van der Waals surface area contributed by atoms with Crippen LogP contribution in [0.4, 0.5) is 17.2 Å². The molecule has 0 fully saturated rings. The highest BCUT2D eigenvalue weighted by atomic mass is 16.6. The molecule has 9 heteroatoms. The van der Waals surface area contributed by atoms with E-state index in [0.29, 0.717) is 12.2 Å². The Bertz CT molecular complexity index is 667. The first-order valence-electron chi connectivity index (χ1n) is 5.64. The maximum atomic E-state index is 10.8. The second kappa shape index (κ2) is 5.34. The average Bonchev–Trinajstić information content (AvgIpc) is 2.87. The third-order valence-electron chi connectivity index (χ3n) is 2.69. The number of aromatic nitrogens is 2. The molecular weight excluding hydrogens is 266 g/mol. The fourth-order valence-electron chi connectivity index (χ4n) is 1.76. The number of rotatable bonds is 5. The molecule has 1 aromatic carbocycles. The predicted octanol–water partition coefficient (Wildman–Crippen LogP) is 1.79. The molecule has 1 N–H and O–H groups in total. The summed E-state index contributed by atoms with van der Waals surface area (Å²) in [4.78, 5) is 20.3. The minimum absolute atomic E-state index is 0.0253. The van der Waals surface area contributed by atoms with E-state index in [1.807, 2.05) is 0 Å². The van der Waals surface area contributed by atoms with E-state index in [1.165, 1.54) is 23.0 Å². The summed E-state index contributed by atoms with van der Waals surface area (Å²) in [5.41, 5.74) is 1.11. The zero-order valence-electron chi connectivity index (χ0n) is 10.5. The Hall–Kier alpha value is -2.97. The van der Waals surface area contributed by atoms with E-state index >= 15 is 0 Å². The van der Waals surface area contributed by atoms with E-state index in [4.69, 9.17) is 0 Å². The van der Waals surface area contributed by atoms with Crippen molar-refractivity contribution >= 4 is 17.2 Å². The summed E-state index contributed by atoms with van der Waals surface area (Å²) in [6.45, 7) is 0.292. The molecule has 0 aliphatic rings. The lowest BCUT2D eigenvalue weighted by molar-refractivity contribution is -0.389. The number of hydrogen-bond acceptors (Lipinski definition) is 6. The molecule has 9 nitrogen and oxygen atoms in total. The molecule has 0 spiro atoms. The van der Waals surface area contributed by atoms with Crippen molar-refractivity contribution in [2.75, 3.05) is 12.4 Å². The van der Waals surface area contributed by atoms with Gasteiger partial charge in [-0.25, -0.2) is 0 Å². The smallest absolute Gasteiger partial charge is 0.383 e. The third-order valence-corrected chi connectivity index (χ3v) is 2.69. The van der Waals surface area contributed by atoms with Crippen LogP contribution in [0.25, 0.3) is 0 Å². The van der Waals surface area contributed by atoms with Crippen LogP contribution in [0.15, 0.2) is 30.5 Å². The van der Waals surface area contributed by atoms with Crippen molar-refractivity contribution in [3.05, 3.63) is 56.3 Å². The van der Waals surface area contributed by atoms with Gasteiger partial charge >= 0.3 is 5.82 Å². The quantitative estimate of drug-likeness (QED) is 0.657. The van der Waals surface area contributed by atoms with E-state index in [-0.39, 0.29) is 11.5 Å². The van der Waals surface area contributed by atoms with Crippen molar-refractivity contribution in [2.24, 2.45) is 0 Å². The average molecular weight is 277 g/mol. The molecule has 0 atom stereocenters. The molecule has 104 valence electrons. The Labute approximate surface area is 113 Å². The number of nitrogens with zero attached hydrogens (tertiary/aromatic N) is 4. The van der Waals surface area contributed by atoms with E-state index in [1.54, 1.807) is 19.2 Å². The summed E-state index contributed by atoms with van der Waals surface area (Å²) in [5, 5.41) is 27.9. The molecule has 0 aliphatic heterocycles. The van der Waals surface area contributed by atoms with Crippen molar-refractivity contribution in [2.45, 2.75) is 6.54 Å². The van der Waals surface area contributed by atoms with Crippen LogP contribution in [-0.4, -0.2) is 26.7 Å². The van der Waals surface area contributed by atoms with Crippen molar-refractivity contribution < 1.29 is 9.85 Å². The molecule has 0 aliphatic carbocycles. The summed E-state index contributed by atoms with van der Waals surface area (Å²) in [5.74, 6) is -0.235. The highest BCUT2D eigenvalue weighted by Gasteiger charge is 2.15. The van der Waals surface area contributed by atoms with Gasteiger partial charge in [0.2, 0.25) is 0 Å². The molecule has 0 saturated heterocycles. The summed E-state index contributed by atoms with van der Waals surface area (Å²) in [6.07, 6.45) is 1.48. The first-order valence-corrected chi connectivity index (χ1v) is 5.64. The lowest BCUT2D eigenvalue weighted by Gasteiger charge is -2.04. The van der Waals surface area contributed by atoms with Crippen molar-refractivity contribution in [1.82, 2.24) is 9.78 Å². The minimum Gasteiger partial charge on any atom is -0.383 e. The summed E-state index contributed by atoms with van der Waals surface area (Å²) < 4.78 is 1.40. The number of nitro groups is 2. The highest BCUT2D eigenvalue weighted by Crippen LogP contribution is 2.25. The zero-order chi connectivity index (χ0) is 14.7. The van der Waals surface area contributed by atoms with Crippen LogP contribution in [-0.2, 0) is 6.54 Å². The molecule has 2 rings (SSSR count). The van der Waals surface area contributed by atoms with E-state index in [0.717, 1.165) is 5.56 Å². The van der Waals surface area contributed by atoms with E-state index < -0.39 is 9.85 Å². The van der Waals surface area contributed by atoms with Crippen LogP contribution < -0.4 is 5.32 Å². The van der Waals surface area contributed by atoms with Crippen LogP contribution in [0, 0.1) is 20.2 Å². The molecule has 0 radical (unpaired) electrons. The van der Waals surface area contributed by atoms with Gasteiger partial charge < -0.3 is 15.4 Å². The lowest BCUT2D eigenvalue weighted by Crippen LogP contribution is -2.03. The highest BCUT2D eigenvalue weighted by molar-refractivity contribution is 5.62. The van der Waals surface area contributed by atoms with Gasteiger partial charge in [-0.05, 0) is 16.6 Å². The molecular formula is C11H11N5O4. The Morgan fingerprint density at radius 2 is 2.00 bits per heavy atom. The second-order valence-corrected chi connectivity index (χ2v) is 3.99. The molecule has 20 heavy (non-hydrogen) atoms. The minimum atomic E-state index is -0.578. The predicted molar refractivity (Wildman–Crippen MR) is 70.6 cm³/mol. The second-order valence-electron chi connectivity index (χ2n) is 3.99. The maximum absolute atomic E-state index is 10.8. The number of benzene rings is 1. The zero-order valence-corrected chi connectivity index (χ0v) is 10.5. The van der Waals surface area contributed by atoms with Gasteiger partial charge in [0.05, 0.1) is 28.8 Å². The number of hydrogen-bond donors (Lipinski definition) is 1. The molecule has 1 heterocycles. The van der Waals surface area contributed by atoms with Gasteiger partial charge in [0.15, 0.2) is 0 Å². The first-order chi connectivity index (χ1) is 9.51. The van der Waals surface area contributed by atoms with Crippen molar-refractivity contribution in [3.8, 4) is 0 Å². The van der Waals surface area contributed by atoms with Gasteiger partial charge in [-0.3, -0.25) is 10.1 Å². The van der Waals surface area contributed by atoms with Crippen LogP contribution >= 0.6 is 0 Å². The van der Waals surface area contributed by atoms with Gasteiger partial charge in [-0.2, -0.15) is 4.68 Å². The first kappa shape index (κ1) is 13.5. The molecule has 0 bridgehead atoms. The lowest BCUT2D eigenvalue weighted by atomic mass is 10.1. The third kappa shape index (κ3) is 2.71. The Balaban J connectivity index is 2.25. The molecule has 0 saturated carbocycles. The fourth-order valence-corrected chi connectivity index (χ4v) is 1.76. The van der Waals surface area contributed by atoms with Crippen molar-refractivity contribution in [1.29, 1.82) is 0 Å². The number of nitrogens with one attached hydrogen (secondary N) is 1. The van der Waals surface area contributed by atoms with Crippen LogP contribution in [0.1, 0.15) is 5.56 Å². The summed E-state index contributed by atoms with van der Waals surface area (Å²) >= 11 is 0. The largest absolute Gasteiger partial charge is 0.389 e. The Morgan fingerprint density at radius 1 is 1.25 bits per heavy atom. The Kier molecular flexibility index (Phi) is 3.60.